The van der Waals surface area contributed by atoms with Gasteiger partial charge in [-0.15, -0.1) is 0 Å². The zero-order valence-electron chi connectivity index (χ0n) is 7.58. The van der Waals surface area contributed by atoms with Crippen LogP contribution in [0, 0.1) is 5.92 Å². The van der Waals surface area contributed by atoms with Gasteiger partial charge in [0.2, 0.25) is 0 Å². The van der Waals surface area contributed by atoms with Gasteiger partial charge in [-0.3, -0.25) is 4.90 Å². The van der Waals surface area contributed by atoms with Crippen molar-refractivity contribution in [3.05, 3.63) is 0 Å². The Hall–Kier alpha value is -0.0800. The third-order valence-electron chi connectivity index (χ3n) is 2.75. The third kappa shape index (κ3) is 2.46. The summed E-state index contributed by atoms with van der Waals surface area (Å²) in [5.41, 5.74) is 0. The molecule has 11 heavy (non-hydrogen) atoms. The van der Waals surface area contributed by atoms with E-state index >= 15 is 0 Å². The fraction of sp³-hybridized carbons (Fsp3) is 1.00. The topological polar surface area (TPSA) is 23.5 Å². The highest BCUT2D eigenvalue weighted by Crippen LogP contribution is 2.20. The van der Waals surface area contributed by atoms with Gasteiger partial charge in [-0.25, -0.2) is 0 Å². The molecule has 0 aromatic rings. The smallest absolute Gasteiger partial charge is 0.104 e. The van der Waals surface area contributed by atoms with E-state index in [4.69, 9.17) is 0 Å². The van der Waals surface area contributed by atoms with Gasteiger partial charge in [0.05, 0.1) is 0 Å². The normalized spacial score (nSPS) is 25.4. The van der Waals surface area contributed by atoms with E-state index in [0.29, 0.717) is 0 Å². The summed E-state index contributed by atoms with van der Waals surface area (Å²) in [6, 6.07) is 0. The molecule has 0 spiro atoms. The van der Waals surface area contributed by atoms with Crippen LogP contribution >= 0.6 is 0 Å². The van der Waals surface area contributed by atoms with Crippen LogP contribution < -0.4 is 0 Å². The van der Waals surface area contributed by atoms with Crippen molar-refractivity contribution in [3.63, 3.8) is 0 Å². The average Bonchev–Trinajstić information content (AvgIpc) is 2.05. The van der Waals surface area contributed by atoms with E-state index in [9.17, 15) is 5.11 Å². The molecule has 1 saturated heterocycles. The Morgan fingerprint density at radius 1 is 1.45 bits per heavy atom. The summed E-state index contributed by atoms with van der Waals surface area (Å²) >= 11 is 0. The van der Waals surface area contributed by atoms with Crippen LogP contribution in [0.25, 0.3) is 0 Å². The lowest BCUT2D eigenvalue weighted by molar-refractivity contribution is -0.00354. The Labute approximate surface area is 69.2 Å². The molecule has 0 aromatic heterocycles. The SMILES string of the molecule is CCC1CCN(C(C)O)CC1. The van der Waals surface area contributed by atoms with Crippen LogP contribution in [-0.2, 0) is 0 Å². The summed E-state index contributed by atoms with van der Waals surface area (Å²) in [5.74, 6) is 0.907. The van der Waals surface area contributed by atoms with E-state index in [1.807, 2.05) is 6.92 Å². The van der Waals surface area contributed by atoms with Crippen molar-refractivity contribution in [1.82, 2.24) is 4.90 Å². The fourth-order valence-corrected chi connectivity index (χ4v) is 1.73. The minimum atomic E-state index is -0.243. The minimum Gasteiger partial charge on any atom is -0.379 e. The second kappa shape index (κ2) is 4.07. The average molecular weight is 157 g/mol. The van der Waals surface area contributed by atoms with Gasteiger partial charge in [-0.2, -0.15) is 0 Å². The van der Waals surface area contributed by atoms with E-state index in [1.54, 1.807) is 0 Å². The molecule has 0 aliphatic carbocycles. The van der Waals surface area contributed by atoms with E-state index in [0.717, 1.165) is 19.0 Å². The minimum absolute atomic E-state index is 0.243. The largest absolute Gasteiger partial charge is 0.379 e. The van der Waals surface area contributed by atoms with Crippen molar-refractivity contribution in [1.29, 1.82) is 0 Å². The van der Waals surface area contributed by atoms with E-state index in [2.05, 4.69) is 11.8 Å². The molecular weight excluding hydrogens is 138 g/mol. The standard InChI is InChI=1S/C9H19NO/c1-3-9-4-6-10(7-5-9)8(2)11/h8-9,11H,3-7H2,1-2H3. The van der Waals surface area contributed by atoms with Gasteiger partial charge < -0.3 is 5.11 Å². The summed E-state index contributed by atoms with van der Waals surface area (Å²) in [6.45, 7) is 6.27. The summed E-state index contributed by atoms with van der Waals surface area (Å²) in [6.07, 6.45) is 3.59. The van der Waals surface area contributed by atoms with Crippen LogP contribution in [0.2, 0.25) is 0 Å². The molecule has 2 nitrogen and oxygen atoms in total. The predicted octanol–water partition coefficient (Wildman–Crippen LogP) is 1.45. The lowest BCUT2D eigenvalue weighted by Gasteiger charge is -2.33. The first-order valence-corrected chi connectivity index (χ1v) is 4.66. The van der Waals surface area contributed by atoms with Gasteiger partial charge >= 0.3 is 0 Å². The molecule has 1 atom stereocenters. The molecular formula is C9H19NO. The Kier molecular flexibility index (Phi) is 3.34. The summed E-state index contributed by atoms with van der Waals surface area (Å²) in [7, 11) is 0. The van der Waals surface area contributed by atoms with Crippen LogP contribution in [0.1, 0.15) is 33.1 Å². The Balaban J connectivity index is 2.24. The molecule has 0 saturated carbocycles. The lowest BCUT2D eigenvalue weighted by atomic mass is 9.94. The van der Waals surface area contributed by atoms with Crippen LogP contribution in [0.3, 0.4) is 0 Å². The molecule has 0 bridgehead atoms. The number of aliphatic hydroxyl groups is 1. The molecule has 1 rings (SSSR count). The molecule has 0 amide bonds. The molecule has 66 valence electrons. The second-order valence-corrected chi connectivity index (χ2v) is 3.52. The first kappa shape index (κ1) is 9.01. The fourth-order valence-electron chi connectivity index (χ4n) is 1.73. The van der Waals surface area contributed by atoms with Gasteiger partial charge in [-0.1, -0.05) is 13.3 Å². The Morgan fingerprint density at radius 2 is 2.00 bits per heavy atom. The van der Waals surface area contributed by atoms with Crippen molar-refractivity contribution >= 4 is 0 Å². The lowest BCUT2D eigenvalue weighted by Crippen LogP contribution is -2.39. The molecule has 2 heteroatoms. The number of hydrogen-bond donors (Lipinski definition) is 1. The highest BCUT2D eigenvalue weighted by molar-refractivity contribution is 4.71. The van der Waals surface area contributed by atoms with Gasteiger partial charge in [-0.05, 0) is 25.7 Å². The number of likely N-dealkylation sites (tertiary alicyclic amines) is 1. The van der Waals surface area contributed by atoms with Crippen LogP contribution in [0.4, 0.5) is 0 Å². The number of nitrogens with zero attached hydrogens (tertiary/aromatic N) is 1. The van der Waals surface area contributed by atoms with Crippen molar-refractivity contribution in [3.8, 4) is 0 Å². The maximum Gasteiger partial charge on any atom is 0.104 e. The summed E-state index contributed by atoms with van der Waals surface area (Å²) in [4.78, 5) is 2.14. The van der Waals surface area contributed by atoms with Gasteiger partial charge in [0.1, 0.15) is 6.23 Å². The molecule has 1 heterocycles. The summed E-state index contributed by atoms with van der Waals surface area (Å²) < 4.78 is 0. The molecule has 1 N–H and O–H groups in total. The third-order valence-corrected chi connectivity index (χ3v) is 2.75. The number of hydrogen-bond acceptors (Lipinski definition) is 2. The molecule has 0 radical (unpaired) electrons. The predicted molar refractivity (Wildman–Crippen MR) is 46.3 cm³/mol. The number of aliphatic hydroxyl groups excluding tert-OH is 1. The monoisotopic (exact) mass is 157 g/mol. The van der Waals surface area contributed by atoms with Crippen LogP contribution in [0.5, 0.6) is 0 Å². The molecule has 1 aliphatic rings. The first-order chi connectivity index (χ1) is 5.24. The van der Waals surface area contributed by atoms with Crippen molar-refractivity contribution in [2.45, 2.75) is 39.3 Å². The molecule has 1 unspecified atom stereocenters. The van der Waals surface area contributed by atoms with Crippen molar-refractivity contribution in [2.24, 2.45) is 5.92 Å². The van der Waals surface area contributed by atoms with Crippen molar-refractivity contribution in [2.75, 3.05) is 13.1 Å². The quantitative estimate of drug-likeness (QED) is 0.655. The highest BCUT2D eigenvalue weighted by atomic mass is 16.3. The zero-order valence-corrected chi connectivity index (χ0v) is 7.58. The number of piperidine rings is 1. The highest BCUT2D eigenvalue weighted by Gasteiger charge is 2.19. The van der Waals surface area contributed by atoms with Crippen LogP contribution in [-0.4, -0.2) is 29.3 Å². The van der Waals surface area contributed by atoms with Gasteiger partial charge in [0, 0.05) is 13.1 Å². The van der Waals surface area contributed by atoms with E-state index in [-0.39, 0.29) is 6.23 Å². The van der Waals surface area contributed by atoms with E-state index < -0.39 is 0 Å². The first-order valence-electron chi connectivity index (χ1n) is 4.66. The van der Waals surface area contributed by atoms with Crippen molar-refractivity contribution < 1.29 is 5.11 Å². The molecule has 1 aliphatic heterocycles. The Bertz CT molecular complexity index is 106. The Morgan fingerprint density at radius 3 is 2.36 bits per heavy atom. The van der Waals surface area contributed by atoms with Crippen LogP contribution in [0.15, 0.2) is 0 Å². The maximum absolute atomic E-state index is 9.26. The summed E-state index contributed by atoms with van der Waals surface area (Å²) in [5, 5.41) is 9.26. The molecule has 1 fully saturated rings. The maximum atomic E-state index is 9.26. The molecule has 0 aromatic carbocycles. The van der Waals surface area contributed by atoms with Gasteiger partial charge in [0.15, 0.2) is 0 Å². The van der Waals surface area contributed by atoms with Gasteiger partial charge in [0.25, 0.3) is 0 Å². The second-order valence-electron chi connectivity index (χ2n) is 3.52. The zero-order chi connectivity index (χ0) is 8.27. The number of rotatable bonds is 2. The van der Waals surface area contributed by atoms with E-state index in [1.165, 1.54) is 19.3 Å².